The average molecular weight is 461 g/mol. The Hall–Kier alpha value is -1.02. The van der Waals surface area contributed by atoms with Crippen LogP contribution in [0.15, 0.2) is 29.3 Å². The first-order valence-corrected chi connectivity index (χ1v) is 8.89. The van der Waals surface area contributed by atoms with Crippen LogP contribution in [0.3, 0.4) is 0 Å². The van der Waals surface area contributed by atoms with Crippen LogP contribution >= 0.6 is 24.0 Å². The van der Waals surface area contributed by atoms with Gasteiger partial charge in [0.2, 0.25) is 0 Å². The van der Waals surface area contributed by atoms with E-state index in [9.17, 15) is 0 Å². The molecule has 25 heavy (non-hydrogen) atoms. The van der Waals surface area contributed by atoms with Gasteiger partial charge in [0.15, 0.2) is 5.96 Å². The molecule has 0 aromatic heterocycles. The normalized spacial score (nSPS) is 18.4. The van der Waals surface area contributed by atoms with Crippen LogP contribution in [-0.4, -0.2) is 56.9 Å². The summed E-state index contributed by atoms with van der Waals surface area (Å²) in [5.41, 5.74) is 1.24. The topological polar surface area (TPSA) is 46.1 Å². The second-order valence-electron chi connectivity index (χ2n) is 6.55. The minimum atomic E-state index is 0. The highest BCUT2D eigenvalue weighted by Gasteiger charge is 2.19. The van der Waals surface area contributed by atoms with Crippen LogP contribution in [0.1, 0.15) is 25.8 Å². The molecule has 1 saturated heterocycles. The molecule has 2 unspecified atom stereocenters. The summed E-state index contributed by atoms with van der Waals surface area (Å²) >= 11 is 0. The van der Waals surface area contributed by atoms with E-state index in [2.05, 4.69) is 50.2 Å². The van der Waals surface area contributed by atoms with Crippen molar-refractivity contribution in [2.75, 3.05) is 39.9 Å². The van der Waals surface area contributed by atoms with Crippen molar-refractivity contribution in [1.82, 2.24) is 10.2 Å². The van der Waals surface area contributed by atoms with Gasteiger partial charge in [0.05, 0.1) is 13.2 Å². The lowest BCUT2D eigenvalue weighted by molar-refractivity contribution is 0.181. The molecule has 1 heterocycles. The van der Waals surface area contributed by atoms with E-state index in [0.717, 1.165) is 44.4 Å². The maximum atomic E-state index is 5.94. The lowest BCUT2D eigenvalue weighted by atomic mass is 10.1. The quantitative estimate of drug-likeness (QED) is 0.385. The average Bonchev–Trinajstić information content (AvgIpc) is 3.06. The lowest BCUT2D eigenvalue weighted by Gasteiger charge is -2.25. The molecule has 1 aliphatic heterocycles. The summed E-state index contributed by atoms with van der Waals surface area (Å²) in [6.07, 6.45) is 1.17. The van der Waals surface area contributed by atoms with E-state index >= 15 is 0 Å². The first-order chi connectivity index (χ1) is 11.6. The van der Waals surface area contributed by atoms with Crippen LogP contribution in [0.5, 0.6) is 5.75 Å². The number of hydrogen-bond acceptors (Lipinski definition) is 3. The smallest absolute Gasteiger partial charge is 0.193 e. The Kier molecular flexibility index (Phi) is 10.2. The van der Waals surface area contributed by atoms with Gasteiger partial charge < -0.3 is 19.7 Å². The van der Waals surface area contributed by atoms with Crippen LogP contribution in [-0.2, 0) is 4.74 Å². The zero-order valence-corrected chi connectivity index (χ0v) is 18.2. The Morgan fingerprint density at radius 1 is 1.40 bits per heavy atom. The van der Waals surface area contributed by atoms with Gasteiger partial charge in [-0.25, -0.2) is 4.99 Å². The molecular weight excluding hydrogens is 429 g/mol. The van der Waals surface area contributed by atoms with E-state index in [1.165, 1.54) is 5.56 Å². The predicted molar refractivity (Wildman–Crippen MR) is 114 cm³/mol. The number of rotatable bonds is 7. The second-order valence-corrected chi connectivity index (χ2v) is 6.55. The molecule has 0 spiro atoms. The van der Waals surface area contributed by atoms with Gasteiger partial charge in [-0.3, -0.25) is 0 Å². The molecule has 2 atom stereocenters. The molecule has 0 bridgehead atoms. The van der Waals surface area contributed by atoms with E-state index in [1.807, 2.05) is 12.1 Å². The SMILES string of the molecule is CCNC(=NCC(C)Oc1ccc(C)cc1)N(C)CC1CCOC1.I. The van der Waals surface area contributed by atoms with Crippen molar-refractivity contribution >= 4 is 29.9 Å². The van der Waals surface area contributed by atoms with Crippen molar-refractivity contribution in [3.63, 3.8) is 0 Å². The molecule has 1 aliphatic rings. The van der Waals surface area contributed by atoms with Crippen molar-refractivity contribution in [3.05, 3.63) is 29.8 Å². The standard InChI is InChI=1S/C19H31N3O2.HI/c1-5-20-19(22(4)13-17-10-11-23-14-17)21-12-16(3)24-18-8-6-15(2)7-9-18;/h6-9,16-17H,5,10-14H2,1-4H3,(H,20,21);1H. The molecule has 5 nitrogen and oxygen atoms in total. The van der Waals surface area contributed by atoms with E-state index in [1.54, 1.807) is 0 Å². The third-order valence-corrected chi connectivity index (χ3v) is 4.11. The highest BCUT2D eigenvalue weighted by atomic mass is 127. The molecule has 6 heteroatoms. The van der Waals surface area contributed by atoms with E-state index in [0.29, 0.717) is 12.5 Å². The van der Waals surface area contributed by atoms with Crippen LogP contribution in [0, 0.1) is 12.8 Å². The van der Waals surface area contributed by atoms with Crippen molar-refractivity contribution in [1.29, 1.82) is 0 Å². The molecule has 1 N–H and O–H groups in total. The molecule has 0 aliphatic carbocycles. The summed E-state index contributed by atoms with van der Waals surface area (Å²) in [5, 5.41) is 3.36. The monoisotopic (exact) mass is 461 g/mol. The molecule has 2 rings (SSSR count). The molecule has 1 fully saturated rings. The summed E-state index contributed by atoms with van der Waals surface area (Å²) < 4.78 is 11.4. The van der Waals surface area contributed by atoms with Gasteiger partial charge in [-0.1, -0.05) is 17.7 Å². The Labute approximate surface area is 169 Å². The van der Waals surface area contributed by atoms with Gasteiger partial charge in [0.1, 0.15) is 11.9 Å². The van der Waals surface area contributed by atoms with E-state index < -0.39 is 0 Å². The Bertz CT molecular complexity index is 516. The van der Waals surface area contributed by atoms with Gasteiger partial charge in [-0.05, 0) is 39.3 Å². The number of ether oxygens (including phenoxy) is 2. The van der Waals surface area contributed by atoms with Gasteiger partial charge in [0.25, 0.3) is 0 Å². The van der Waals surface area contributed by atoms with Crippen molar-refractivity contribution in [2.24, 2.45) is 10.9 Å². The highest BCUT2D eigenvalue weighted by Crippen LogP contribution is 2.14. The zero-order chi connectivity index (χ0) is 17.4. The minimum absolute atomic E-state index is 0. The number of aryl methyl sites for hydroxylation is 1. The summed E-state index contributed by atoms with van der Waals surface area (Å²) in [6.45, 7) is 10.4. The lowest BCUT2D eigenvalue weighted by Crippen LogP contribution is -2.42. The third-order valence-electron chi connectivity index (χ3n) is 4.11. The van der Waals surface area contributed by atoms with E-state index in [4.69, 9.17) is 14.5 Å². The Morgan fingerprint density at radius 3 is 2.72 bits per heavy atom. The first kappa shape index (κ1) is 22.0. The minimum Gasteiger partial charge on any atom is -0.489 e. The molecule has 0 radical (unpaired) electrons. The number of aliphatic imine (C=N–C) groups is 1. The molecule has 0 amide bonds. The van der Waals surface area contributed by atoms with Crippen LogP contribution in [0.2, 0.25) is 0 Å². The predicted octanol–water partition coefficient (Wildman–Crippen LogP) is 3.31. The summed E-state index contributed by atoms with van der Waals surface area (Å²) in [5.74, 6) is 2.42. The number of nitrogens with one attached hydrogen (secondary N) is 1. The summed E-state index contributed by atoms with van der Waals surface area (Å²) in [6, 6.07) is 8.14. The third kappa shape index (κ3) is 7.81. The maximum Gasteiger partial charge on any atom is 0.193 e. The summed E-state index contributed by atoms with van der Waals surface area (Å²) in [7, 11) is 2.09. The van der Waals surface area contributed by atoms with Crippen molar-refractivity contribution in [3.8, 4) is 5.75 Å². The van der Waals surface area contributed by atoms with Gasteiger partial charge in [-0.2, -0.15) is 0 Å². The fraction of sp³-hybridized carbons (Fsp3) is 0.632. The van der Waals surface area contributed by atoms with Crippen LogP contribution in [0.4, 0.5) is 0 Å². The van der Waals surface area contributed by atoms with Gasteiger partial charge >= 0.3 is 0 Å². The molecule has 142 valence electrons. The van der Waals surface area contributed by atoms with Crippen molar-refractivity contribution in [2.45, 2.75) is 33.3 Å². The fourth-order valence-corrected chi connectivity index (χ4v) is 2.77. The molecular formula is C19H32IN3O2. The maximum absolute atomic E-state index is 5.94. The van der Waals surface area contributed by atoms with Crippen molar-refractivity contribution < 1.29 is 9.47 Å². The zero-order valence-electron chi connectivity index (χ0n) is 15.8. The number of hydrogen-bond donors (Lipinski definition) is 1. The second kappa shape index (κ2) is 11.6. The summed E-state index contributed by atoms with van der Waals surface area (Å²) in [4.78, 5) is 6.93. The molecule has 0 saturated carbocycles. The van der Waals surface area contributed by atoms with Gasteiger partial charge in [0, 0.05) is 32.7 Å². The van der Waals surface area contributed by atoms with Crippen LogP contribution in [0.25, 0.3) is 0 Å². The number of benzene rings is 1. The first-order valence-electron chi connectivity index (χ1n) is 8.89. The van der Waals surface area contributed by atoms with E-state index in [-0.39, 0.29) is 30.1 Å². The number of guanidine groups is 1. The van der Waals surface area contributed by atoms with Crippen LogP contribution < -0.4 is 10.1 Å². The Morgan fingerprint density at radius 2 is 2.12 bits per heavy atom. The Balaban J connectivity index is 0.00000312. The molecule has 1 aromatic carbocycles. The number of halogens is 1. The fourth-order valence-electron chi connectivity index (χ4n) is 2.77. The number of nitrogens with zero attached hydrogens (tertiary/aromatic N) is 2. The molecule has 1 aromatic rings. The van der Waals surface area contributed by atoms with Gasteiger partial charge in [-0.15, -0.1) is 24.0 Å². The largest absolute Gasteiger partial charge is 0.489 e. The highest BCUT2D eigenvalue weighted by molar-refractivity contribution is 14.0.